The Labute approximate surface area is 189 Å². The average Bonchev–Trinajstić information content (AvgIpc) is 3.48. The van der Waals surface area contributed by atoms with Gasteiger partial charge in [-0.3, -0.25) is 14.3 Å². The number of carbonyl (C=O) groups is 1. The first kappa shape index (κ1) is 20.6. The summed E-state index contributed by atoms with van der Waals surface area (Å²) in [6.07, 6.45) is 4.41. The van der Waals surface area contributed by atoms with Crippen molar-refractivity contribution in [2.75, 3.05) is 12.5 Å². The number of rotatable bonds is 7. The number of amides is 1. The van der Waals surface area contributed by atoms with E-state index in [0.717, 1.165) is 41.8 Å². The van der Waals surface area contributed by atoms with Gasteiger partial charge in [-0.1, -0.05) is 23.9 Å². The van der Waals surface area contributed by atoms with Gasteiger partial charge in [-0.25, -0.2) is 4.79 Å². The van der Waals surface area contributed by atoms with Crippen LogP contribution in [-0.2, 0) is 30.7 Å². The molecule has 9 heteroatoms. The molecule has 0 radical (unpaired) electrons. The Morgan fingerprint density at radius 1 is 1.16 bits per heavy atom. The zero-order chi connectivity index (χ0) is 21.9. The maximum Gasteiger partial charge on any atom is 0.349 e. The van der Waals surface area contributed by atoms with Crippen LogP contribution in [0.3, 0.4) is 0 Å². The number of benzene rings is 1. The van der Waals surface area contributed by atoms with E-state index in [-0.39, 0.29) is 24.1 Å². The summed E-state index contributed by atoms with van der Waals surface area (Å²) < 4.78 is 12.4. The molecule has 1 aliphatic carbocycles. The van der Waals surface area contributed by atoms with E-state index in [1.165, 1.54) is 11.8 Å². The molecule has 3 aromatic rings. The number of hydrogen-bond donors (Lipinski definition) is 1. The van der Waals surface area contributed by atoms with Gasteiger partial charge in [0, 0.05) is 24.0 Å². The van der Waals surface area contributed by atoms with Crippen LogP contribution >= 0.6 is 11.8 Å². The Balaban J connectivity index is 1.23. The van der Waals surface area contributed by atoms with Crippen molar-refractivity contribution in [2.45, 2.75) is 37.4 Å². The number of ether oxygens (including phenoxy) is 2. The first-order valence-electron chi connectivity index (χ1n) is 10.5. The van der Waals surface area contributed by atoms with Crippen LogP contribution in [0.25, 0.3) is 0 Å². The molecule has 0 spiro atoms. The predicted octanol–water partition coefficient (Wildman–Crippen LogP) is 2.31. The molecule has 164 valence electrons. The minimum atomic E-state index is -0.292. The molecule has 0 unspecified atom stereocenters. The summed E-state index contributed by atoms with van der Waals surface area (Å²) in [6.45, 7) is 1.03. The monoisotopic (exact) mass is 450 g/mol. The molecule has 3 heterocycles. The molecule has 1 amide bonds. The third-order valence-electron chi connectivity index (χ3n) is 5.51. The Bertz CT molecular complexity index is 1210. The molecule has 32 heavy (non-hydrogen) atoms. The van der Waals surface area contributed by atoms with Crippen LogP contribution in [0.5, 0.6) is 11.5 Å². The minimum absolute atomic E-state index is 0.112. The number of pyridine rings is 1. The van der Waals surface area contributed by atoms with Crippen molar-refractivity contribution >= 4 is 17.7 Å². The van der Waals surface area contributed by atoms with Gasteiger partial charge in [0.1, 0.15) is 5.03 Å². The van der Waals surface area contributed by atoms with E-state index in [1.807, 2.05) is 36.4 Å². The van der Waals surface area contributed by atoms with Gasteiger partial charge in [0.2, 0.25) is 12.7 Å². The molecule has 0 bridgehead atoms. The number of nitrogens with zero attached hydrogens (tertiary/aromatic N) is 3. The first-order valence-corrected chi connectivity index (χ1v) is 11.5. The number of carbonyl (C=O) groups excluding carboxylic acids is 1. The van der Waals surface area contributed by atoms with Crippen LogP contribution in [0.2, 0.25) is 0 Å². The van der Waals surface area contributed by atoms with Crippen molar-refractivity contribution in [1.29, 1.82) is 0 Å². The summed E-state index contributed by atoms with van der Waals surface area (Å²) in [5.41, 5.74) is 3.56. The number of thioether (sulfide) groups is 1. The summed E-state index contributed by atoms with van der Waals surface area (Å²) in [7, 11) is 0. The summed E-state index contributed by atoms with van der Waals surface area (Å²) in [4.78, 5) is 33.8. The fourth-order valence-electron chi connectivity index (χ4n) is 3.96. The number of nitrogens with one attached hydrogen (secondary N) is 1. The number of fused-ring (bicyclic) bond motifs is 2. The Morgan fingerprint density at radius 2 is 2.06 bits per heavy atom. The molecule has 0 atom stereocenters. The quantitative estimate of drug-likeness (QED) is 0.436. The molecule has 1 aliphatic heterocycles. The van der Waals surface area contributed by atoms with E-state index in [2.05, 4.69) is 15.3 Å². The van der Waals surface area contributed by atoms with Gasteiger partial charge in [-0.05, 0) is 49.1 Å². The van der Waals surface area contributed by atoms with Crippen molar-refractivity contribution in [1.82, 2.24) is 19.9 Å². The van der Waals surface area contributed by atoms with Gasteiger partial charge >= 0.3 is 5.69 Å². The average molecular weight is 451 g/mol. The molecule has 1 N–H and O–H groups in total. The van der Waals surface area contributed by atoms with Crippen LogP contribution in [0, 0.1) is 0 Å². The van der Waals surface area contributed by atoms with Gasteiger partial charge < -0.3 is 14.8 Å². The van der Waals surface area contributed by atoms with Crippen LogP contribution < -0.4 is 20.5 Å². The topological polar surface area (TPSA) is 95.3 Å². The number of hydrogen-bond acceptors (Lipinski definition) is 7. The summed E-state index contributed by atoms with van der Waals surface area (Å²) >= 11 is 1.32. The van der Waals surface area contributed by atoms with Gasteiger partial charge in [-0.2, -0.15) is 4.98 Å². The lowest BCUT2D eigenvalue weighted by atomic mass is 10.2. The molecule has 2 aliphatic rings. The highest BCUT2D eigenvalue weighted by Crippen LogP contribution is 2.32. The fraction of sp³-hybridized carbons (Fsp3) is 0.304. The summed E-state index contributed by atoms with van der Waals surface area (Å²) in [5, 5.41) is 3.58. The van der Waals surface area contributed by atoms with Gasteiger partial charge in [0.25, 0.3) is 0 Å². The van der Waals surface area contributed by atoms with Gasteiger partial charge in [0.05, 0.1) is 18.0 Å². The van der Waals surface area contributed by atoms with Crippen molar-refractivity contribution in [3.05, 3.63) is 75.6 Å². The molecule has 0 fully saturated rings. The Kier molecular flexibility index (Phi) is 5.81. The second-order valence-corrected chi connectivity index (χ2v) is 8.60. The van der Waals surface area contributed by atoms with Gasteiger partial charge in [-0.15, -0.1) is 0 Å². The van der Waals surface area contributed by atoms with E-state index in [0.29, 0.717) is 29.6 Å². The highest BCUT2D eigenvalue weighted by Gasteiger charge is 2.23. The van der Waals surface area contributed by atoms with E-state index in [4.69, 9.17) is 9.47 Å². The molecule has 0 saturated heterocycles. The lowest BCUT2D eigenvalue weighted by Gasteiger charge is -2.14. The normalized spacial score (nSPS) is 13.8. The second kappa shape index (κ2) is 9.04. The molecule has 0 saturated carbocycles. The van der Waals surface area contributed by atoms with Crippen LogP contribution in [-0.4, -0.2) is 33.0 Å². The van der Waals surface area contributed by atoms with Crippen molar-refractivity contribution in [2.24, 2.45) is 0 Å². The van der Waals surface area contributed by atoms with Crippen LogP contribution in [0.15, 0.2) is 52.4 Å². The summed E-state index contributed by atoms with van der Waals surface area (Å²) in [6, 6.07) is 11.3. The van der Waals surface area contributed by atoms with E-state index >= 15 is 0 Å². The predicted molar refractivity (Wildman–Crippen MR) is 119 cm³/mol. The highest BCUT2D eigenvalue weighted by molar-refractivity contribution is 7.99. The SMILES string of the molecule is O=C(CSc1nc(=O)n(Cc2ccccn2)c2c1CCC2)NCc1ccc2c(c1)OCO2. The van der Waals surface area contributed by atoms with Crippen molar-refractivity contribution in [3.63, 3.8) is 0 Å². The Morgan fingerprint density at radius 3 is 2.94 bits per heavy atom. The molecule has 2 aromatic heterocycles. The van der Waals surface area contributed by atoms with E-state index in [1.54, 1.807) is 10.8 Å². The van der Waals surface area contributed by atoms with Crippen LogP contribution in [0.1, 0.15) is 28.9 Å². The molecule has 1 aromatic carbocycles. The van der Waals surface area contributed by atoms with Crippen LogP contribution in [0.4, 0.5) is 0 Å². The highest BCUT2D eigenvalue weighted by atomic mass is 32.2. The zero-order valence-corrected chi connectivity index (χ0v) is 18.2. The maximum absolute atomic E-state index is 12.7. The second-order valence-electron chi connectivity index (χ2n) is 7.64. The third-order valence-corrected chi connectivity index (χ3v) is 6.53. The maximum atomic E-state index is 12.7. The Hall–Kier alpha value is -3.33. The smallest absolute Gasteiger partial charge is 0.349 e. The van der Waals surface area contributed by atoms with E-state index in [9.17, 15) is 9.59 Å². The molecular weight excluding hydrogens is 428 g/mol. The lowest BCUT2D eigenvalue weighted by Crippen LogP contribution is -2.29. The standard InChI is InChI=1S/C23H22N4O4S/c28-21(25-11-15-7-8-19-20(10-15)31-14-30-19)13-32-22-17-5-3-6-18(17)27(23(29)26-22)12-16-4-1-2-9-24-16/h1-2,4,7-10H,3,5-6,11-14H2,(H,25,28). The molecular formula is C23H22N4O4S. The van der Waals surface area contributed by atoms with Crippen molar-refractivity contribution in [3.8, 4) is 11.5 Å². The van der Waals surface area contributed by atoms with E-state index < -0.39 is 0 Å². The lowest BCUT2D eigenvalue weighted by molar-refractivity contribution is -0.118. The number of aromatic nitrogens is 3. The zero-order valence-electron chi connectivity index (χ0n) is 17.4. The van der Waals surface area contributed by atoms with Crippen molar-refractivity contribution < 1.29 is 14.3 Å². The van der Waals surface area contributed by atoms with Gasteiger partial charge in [0.15, 0.2) is 11.5 Å². The molecule has 5 rings (SSSR count). The molecule has 8 nitrogen and oxygen atoms in total. The minimum Gasteiger partial charge on any atom is -0.454 e. The third kappa shape index (κ3) is 4.34. The largest absolute Gasteiger partial charge is 0.454 e. The first-order chi connectivity index (χ1) is 15.7. The fourth-order valence-corrected chi connectivity index (χ4v) is 4.87. The summed E-state index contributed by atoms with van der Waals surface area (Å²) in [5.74, 6) is 1.50.